The third-order valence-electron chi connectivity index (χ3n) is 3.45. The number of allylic oxidation sites excluding steroid dienone is 1. The van der Waals surface area contributed by atoms with Crippen LogP contribution < -0.4 is 9.78 Å². The summed E-state index contributed by atoms with van der Waals surface area (Å²) >= 11 is 0.0830. The molecule has 0 atom stereocenters. The predicted molar refractivity (Wildman–Crippen MR) is 96.6 cm³/mol. The van der Waals surface area contributed by atoms with Gasteiger partial charge in [0.15, 0.2) is 0 Å². The zero-order chi connectivity index (χ0) is 19.9. The van der Waals surface area contributed by atoms with Gasteiger partial charge >= 0.3 is 160 Å². The topological polar surface area (TPSA) is 73.1 Å². The van der Waals surface area contributed by atoms with Crippen molar-refractivity contribution in [2.45, 2.75) is 17.9 Å². The molecule has 0 saturated carbocycles. The zero-order valence-electron chi connectivity index (χ0n) is 14.0. The summed E-state index contributed by atoms with van der Waals surface area (Å²) in [6.07, 6.45) is -4.31. The summed E-state index contributed by atoms with van der Waals surface area (Å²) in [5.41, 5.74) is -1.19. The van der Waals surface area contributed by atoms with Gasteiger partial charge in [-0.1, -0.05) is 0 Å². The molecule has 2 rings (SSSR count). The van der Waals surface area contributed by atoms with Crippen LogP contribution in [0.2, 0.25) is 5.32 Å². The molecule has 0 aromatic heterocycles. The Morgan fingerprint density at radius 3 is 2.30 bits per heavy atom. The average Bonchev–Trinajstić information content (AvgIpc) is 2.63. The summed E-state index contributed by atoms with van der Waals surface area (Å²) in [6.45, 7) is 0. The third-order valence-corrected chi connectivity index (χ3v) is 5.58. The Labute approximate surface area is 160 Å². The van der Waals surface area contributed by atoms with E-state index < -0.39 is 23.2 Å². The summed E-state index contributed by atoms with van der Waals surface area (Å²) in [5, 5.41) is 22.1. The molecule has 140 valence electrons. The number of carbonyl (C=O) groups excluding carboxylic acids is 1. The van der Waals surface area contributed by atoms with Crippen LogP contribution >= 0.6 is 0 Å². The summed E-state index contributed by atoms with van der Waals surface area (Å²) < 4.78 is 38.8. The van der Waals surface area contributed by atoms with Crippen LogP contribution in [0.3, 0.4) is 0 Å². The first kappa shape index (κ1) is 20.6. The van der Waals surface area contributed by atoms with E-state index in [1.165, 1.54) is 0 Å². The SMILES string of the molecule is N#C/C(C(=O)Nc1ccc(C(F)(F)F)cc1)=C(/O)CC[Se]c1ccccc1. The van der Waals surface area contributed by atoms with E-state index in [1.807, 2.05) is 30.3 Å². The molecular formula is C19H15F3N2O2Se. The molecular weight excluding hydrogens is 424 g/mol. The van der Waals surface area contributed by atoms with Crippen molar-refractivity contribution < 1.29 is 23.1 Å². The number of hydrogen-bond donors (Lipinski definition) is 2. The molecule has 8 heteroatoms. The van der Waals surface area contributed by atoms with Gasteiger partial charge in [-0.05, 0) is 0 Å². The summed E-state index contributed by atoms with van der Waals surface area (Å²) in [7, 11) is 0. The van der Waals surface area contributed by atoms with Gasteiger partial charge in [-0.15, -0.1) is 0 Å². The molecule has 0 fully saturated rings. The molecule has 2 aromatic rings. The monoisotopic (exact) mass is 440 g/mol. The van der Waals surface area contributed by atoms with Gasteiger partial charge in [0.25, 0.3) is 0 Å². The van der Waals surface area contributed by atoms with E-state index in [0.717, 1.165) is 28.7 Å². The van der Waals surface area contributed by atoms with Crippen molar-refractivity contribution >= 4 is 31.0 Å². The standard InChI is InChI=1S/C19H15F3N2O2Se/c20-19(21,22)13-6-8-14(9-7-13)24-18(26)16(12-23)17(25)10-11-27-15-4-2-1-3-5-15/h1-9,25H,10-11H2,(H,24,26)/b17-16-. The molecule has 27 heavy (non-hydrogen) atoms. The van der Waals surface area contributed by atoms with Crippen molar-refractivity contribution in [2.24, 2.45) is 0 Å². The number of halogens is 3. The number of rotatable bonds is 6. The van der Waals surface area contributed by atoms with E-state index in [1.54, 1.807) is 6.07 Å². The molecule has 0 aliphatic rings. The van der Waals surface area contributed by atoms with E-state index in [4.69, 9.17) is 5.26 Å². The van der Waals surface area contributed by atoms with E-state index in [2.05, 4.69) is 5.32 Å². The van der Waals surface area contributed by atoms with Gasteiger partial charge in [-0.2, -0.15) is 0 Å². The fourth-order valence-electron chi connectivity index (χ4n) is 2.09. The second-order valence-corrected chi connectivity index (χ2v) is 7.83. The van der Waals surface area contributed by atoms with E-state index in [0.29, 0.717) is 5.32 Å². The second kappa shape index (κ2) is 9.26. The van der Waals surface area contributed by atoms with Gasteiger partial charge < -0.3 is 0 Å². The van der Waals surface area contributed by atoms with Crippen molar-refractivity contribution in [2.75, 3.05) is 5.32 Å². The number of nitrogens with one attached hydrogen (secondary N) is 1. The number of benzene rings is 2. The summed E-state index contributed by atoms with van der Waals surface area (Å²) in [5.74, 6) is -1.19. The quantitative estimate of drug-likeness (QED) is 0.311. The van der Waals surface area contributed by atoms with Crippen molar-refractivity contribution in [3.05, 3.63) is 71.5 Å². The number of nitrogens with zero attached hydrogens (tertiary/aromatic N) is 1. The van der Waals surface area contributed by atoms with Gasteiger partial charge in [-0.25, -0.2) is 0 Å². The maximum absolute atomic E-state index is 12.5. The van der Waals surface area contributed by atoms with Gasteiger partial charge in [0, 0.05) is 0 Å². The molecule has 0 bridgehead atoms. The molecule has 0 aliphatic carbocycles. The Bertz CT molecular complexity index is 857. The fraction of sp³-hybridized carbons (Fsp3) is 0.158. The van der Waals surface area contributed by atoms with Crippen LogP contribution in [0, 0.1) is 11.3 Å². The van der Waals surface area contributed by atoms with Crippen molar-refractivity contribution in [1.29, 1.82) is 5.26 Å². The fourth-order valence-corrected chi connectivity index (χ4v) is 3.94. The van der Waals surface area contributed by atoms with Gasteiger partial charge in [0.05, 0.1) is 0 Å². The minimum atomic E-state index is -4.47. The van der Waals surface area contributed by atoms with Crippen LogP contribution in [0.15, 0.2) is 65.9 Å². The van der Waals surface area contributed by atoms with Gasteiger partial charge in [0.2, 0.25) is 0 Å². The second-order valence-electron chi connectivity index (χ2n) is 5.37. The number of aliphatic hydroxyl groups excluding tert-OH is 1. The molecule has 1 amide bonds. The number of hydrogen-bond acceptors (Lipinski definition) is 3. The molecule has 0 aliphatic heterocycles. The Balaban J connectivity index is 1.99. The van der Waals surface area contributed by atoms with Crippen LogP contribution in [-0.2, 0) is 11.0 Å². The molecule has 2 aromatic carbocycles. The average molecular weight is 439 g/mol. The van der Waals surface area contributed by atoms with E-state index >= 15 is 0 Å². The van der Waals surface area contributed by atoms with Crippen LogP contribution in [0.25, 0.3) is 0 Å². The Kier molecular flexibility index (Phi) is 7.05. The number of amides is 1. The van der Waals surface area contributed by atoms with Crippen LogP contribution in [0.1, 0.15) is 12.0 Å². The van der Waals surface area contributed by atoms with Crippen molar-refractivity contribution in [3.63, 3.8) is 0 Å². The molecule has 0 radical (unpaired) electrons. The summed E-state index contributed by atoms with van der Waals surface area (Å²) in [4.78, 5) is 12.1. The van der Waals surface area contributed by atoms with Crippen LogP contribution in [0.4, 0.5) is 18.9 Å². The van der Waals surface area contributed by atoms with Crippen molar-refractivity contribution in [3.8, 4) is 6.07 Å². The Hall–Kier alpha value is -2.75. The Morgan fingerprint density at radius 1 is 1.11 bits per heavy atom. The number of carbonyl (C=O) groups is 1. The van der Waals surface area contributed by atoms with Gasteiger partial charge in [-0.3, -0.25) is 0 Å². The number of anilines is 1. The minimum absolute atomic E-state index is 0.0830. The first-order chi connectivity index (χ1) is 12.8. The van der Waals surface area contributed by atoms with E-state index in [-0.39, 0.29) is 32.8 Å². The normalized spacial score (nSPS) is 12.1. The molecule has 0 unspecified atom stereocenters. The first-order valence-electron chi connectivity index (χ1n) is 7.80. The number of aliphatic hydroxyl groups is 1. The Morgan fingerprint density at radius 2 is 1.74 bits per heavy atom. The molecule has 0 saturated heterocycles. The van der Waals surface area contributed by atoms with Gasteiger partial charge in [0.1, 0.15) is 0 Å². The van der Waals surface area contributed by atoms with Crippen LogP contribution in [0.5, 0.6) is 0 Å². The summed E-state index contributed by atoms with van der Waals surface area (Å²) in [6, 6.07) is 15.1. The molecule has 0 spiro atoms. The zero-order valence-corrected chi connectivity index (χ0v) is 15.7. The maximum atomic E-state index is 12.5. The first-order valence-corrected chi connectivity index (χ1v) is 9.86. The third kappa shape index (κ3) is 6.17. The van der Waals surface area contributed by atoms with Crippen LogP contribution in [-0.4, -0.2) is 26.0 Å². The number of nitriles is 1. The van der Waals surface area contributed by atoms with E-state index in [9.17, 15) is 23.1 Å². The predicted octanol–water partition coefficient (Wildman–Crippen LogP) is 3.82. The number of alkyl halides is 3. The van der Waals surface area contributed by atoms with Crippen molar-refractivity contribution in [1.82, 2.24) is 0 Å². The molecule has 4 nitrogen and oxygen atoms in total. The molecule has 2 N–H and O–H groups in total. The molecule has 0 heterocycles.